The number of halogens is 1. The summed E-state index contributed by atoms with van der Waals surface area (Å²) in [5.74, 6) is -0.193. The summed E-state index contributed by atoms with van der Waals surface area (Å²) in [5, 5.41) is 3.27. The van der Waals surface area contributed by atoms with Crippen molar-refractivity contribution in [2.75, 3.05) is 24.5 Å². The third-order valence-corrected chi connectivity index (χ3v) is 8.28. The van der Waals surface area contributed by atoms with Gasteiger partial charge in [-0.05, 0) is 73.9 Å². The highest BCUT2D eigenvalue weighted by Gasteiger charge is 2.33. The van der Waals surface area contributed by atoms with Gasteiger partial charge in [0.05, 0.1) is 17.7 Å². The fraction of sp³-hybridized carbons (Fsp3) is 0.310. The van der Waals surface area contributed by atoms with E-state index < -0.39 is 28.5 Å². The van der Waals surface area contributed by atoms with Crippen LogP contribution in [0.5, 0.6) is 5.75 Å². The number of sulfonamides is 1. The second-order valence-corrected chi connectivity index (χ2v) is 11.4. The fourth-order valence-corrected chi connectivity index (χ4v) is 5.76. The first-order valence-corrected chi connectivity index (χ1v) is 14.4. The molecular formula is C29H34ClN3O5S. The lowest BCUT2D eigenvalue weighted by molar-refractivity contribution is -0.139. The van der Waals surface area contributed by atoms with E-state index in [1.54, 1.807) is 81.6 Å². The molecule has 0 spiro atoms. The zero-order chi connectivity index (χ0) is 28.6. The third-order valence-electron chi connectivity index (χ3n) is 6.27. The maximum absolute atomic E-state index is 13.9. The van der Waals surface area contributed by atoms with E-state index in [0.29, 0.717) is 28.6 Å². The van der Waals surface area contributed by atoms with Gasteiger partial charge in [0.25, 0.3) is 10.0 Å². The summed E-state index contributed by atoms with van der Waals surface area (Å²) in [6.07, 6.45) is 0.740. The van der Waals surface area contributed by atoms with E-state index in [2.05, 4.69) is 5.32 Å². The molecule has 0 heterocycles. The average molecular weight is 572 g/mol. The number of carbonyl (C=O) groups excluding carboxylic acids is 2. The third kappa shape index (κ3) is 7.52. The van der Waals surface area contributed by atoms with Crippen LogP contribution in [-0.4, -0.2) is 51.4 Å². The first-order chi connectivity index (χ1) is 18.6. The topological polar surface area (TPSA) is 96.0 Å². The van der Waals surface area contributed by atoms with Crippen LogP contribution in [0.3, 0.4) is 0 Å². The number of hydrogen-bond acceptors (Lipinski definition) is 5. The largest absolute Gasteiger partial charge is 0.497 e. The van der Waals surface area contributed by atoms with E-state index in [1.807, 2.05) is 6.92 Å². The summed E-state index contributed by atoms with van der Waals surface area (Å²) in [6, 6.07) is 19.0. The second-order valence-electron chi connectivity index (χ2n) is 9.09. The molecule has 0 unspecified atom stereocenters. The molecule has 0 bridgehead atoms. The molecule has 0 aliphatic rings. The van der Waals surface area contributed by atoms with E-state index in [-0.39, 0.29) is 17.3 Å². The van der Waals surface area contributed by atoms with Crippen molar-refractivity contribution in [1.82, 2.24) is 10.2 Å². The smallest absolute Gasteiger partial charge is 0.264 e. The van der Waals surface area contributed by atoms with Crippen LogP contribution in [0.2, 0.25) is 5.02 Å². The number of carbonyl (C=O) groups is 2. The Hall–Kier alpha value is -3.56. The van der Waals surface area contributed by atoms with Gasteiger partial charge >= 0.3 is 0 Å². The zero-order valence-corrected chi connectivity index (χ0v) is 24.1. The Bertz CT molecular complexity index is 1380. The lowest BCUT2D eigenvalue weighted by atomic mass is 10.1. The second kappa shape index (κ2) is 13.5. The van der Waals surface area contributed by atoms with Gasteiger partial charge in [0.2, 0.25) is 11.8 Å². The maximum atomic E-state index is 13.9. The number of methoxy groups -OCH3 is 1. The fourth-order valence-electron chi connectivity index (χ4n) is 4.04. The van der Waals surface area contributed by atoms with Gasteiger partial charge in [-0.1, -0.05) is 48.9 Å². The average Bonchev–Trinajstić information content (AvgIpc) is 2.94. The summed E-state index contributed by atoms with van der Waals surface area (Å²) in [4.78, 5) is 28.3. The van der Waals surface area contributed by atoms with Gasteiger partial charge < -0.3 is 15.0 Å². The van der Waals surface area contributed by atoms with Gasteiger partial charge in [0.15, 0.2) is 0 Å². The molecule has 208 valence electrons. The molecule has 8 nitrogen and oxygen atoms in total. The number of anilines is 1. The minimum atomic E-state index is -4.13. The molecule has 0 saturated carbocycles. The highest BCUT2D eigenvalue weighted by atomic mass is 35.5. The first-order valence-electron chi connectivity index (χ1n) is 12.6. The van der Waals surface area contributed by atoms with Crippen LogP contribution >= 0.6 is 11.6 Å². The van der Waals surface area contributed by atoms with Gasteiger partial charge in [-0.2, -0.15) is 0 Å². The molecule has 0 aromatic heterocycles. The molecule has 3 aromatic carbocycles. The molecule has 2 amide bonds. The Morgan fingerprint density at radius 2 is 1.69 bits per heavy atom. The van der Waals surface area contributed by atoms with E-state index in [9.17, 15) is 18.0 Å². The number of rotatable bonds is 12. The molecule has 0 radical (unpaired) electrons. The Morgan fingerprint density at radius 1 is 1.03 bits per heavy atom. The van der Waals surface area contributed by atoms with Crippen molar-refractivity contribution in [2.24, 2.45) is 0 Å². The van der Waals surface area contributed by atoms with Crippen molar-refractivity contribution in [3.05, 3.63) is 88.9 Å². The molecule has 10 heteroatoms. The van der Waals surface area contributed by atoms with Crippen LogP contribution in [-0.2, 0) is 26.2 Å². The monoisotopic (exact) mass is 571 g/mol. The normalized spacial score (nSPS) is 11.9. The van der Waals surface area contributed by atoms with Crippen molar-refractivity contribution in [3.8, 4) is 5.75 Å². The number of hydrogen-bond donors (Lipinski definition) is 1. The first kappa shape index (κ1) is 30.0. The van der Waals surface area contributed by atoms with Crippen molar-refractivity contribution in [1.29, 1.82) is 0 Å². The van der Waals surface area contributed by atoms with Crippen LogP contribution in [0, 0.1) is 6.92 Å². The molecule has 0 fully saturated rings. The highest BCUT2D eigenvalue weighted by Crippen LogP contribution is 2.29. The standard InChI is InChI=1S/C29H34ClN3O5S/c1-5-17-31-29(35)22(3)32(19-23-11-14-25(38-4)15-12-23)28(34)20-33(27-16-13-24(30)18-21(27)2)39(36,37)26-9-7-6-8-10-26/h6-16,18,22H,5,17,19-20H2,1-4H3,(H,31,35)/t22-/m1/s1. The van der Waals surface area contributed by atoms with Gasteiger partial charge in [0, 0.05) is 18.1 Å². The number of amides is 2. The number of nitrogens with zero attached hydrogens (tertiary/aromatic N) is 2. The highest BCUT2D eigenvalue weighted by molar-refractivity contribution is 7.92. The van der Waals surface area contributed by atoms with Gasteiger partial charge in [0.1, 0.15) is 18.3 Å². The predicted molar refractivity (Wildman–Crippen MR) is 153 cm³/mol. The molecule has 1 N–H and O–H groups in total. The van der Waals surface area contributed by atoms with E-state index in [0.717, 1.165) is 16.3 Å². The summed E-state index contributed by atoms with van der Waals surface area (Å²) in [6.45, 7) is 5.35. The molecule has 0 saturated heterocycles. The molecule has 3 rings (SSSR count). The van der Waals surface area contributed by atoms with Gasteiger partial charge in [-0.25, -0.2) is 8.42 Å². The molecule has 3 aromatic rings. The Labute approximate surface area is 235 Å². The number of nitrogens with one attached hydrogen (secondary N) is 1. The quantitative estimate of drug-likeness (QED) is 0.337. The molecule has 1 atom stereocenters. The minimum absolute atomic E-state index is 0.0441. The number of benzene rings is 3. The Kier molecular flexibility index (Phi) is 10.4. The van der Waals surface area contributed by atoms with Gasteiger partial charge in [-0.15, -0.1) is 0 Å². The lowest BCUT2D eigenvalue weighted by Crippen LogP contribution is -2.51. The van der Waals surface area contributed by atoms with Crippen LogP contribution in [0.4, 0.5) is 5.69 Å². The Morgan fingerprint density at radius 3 is 2.28 bits per heavy atom. The van der Waals surface area contributed by atoms with Crippen molar-refractivity contribution in [2.45, 2.75) is 44.7 Å². The summed E-state index contributed by atoms with van der Waals surface area (Å²) in [7, 11) is -2.57. The van der Waals surface area contributed by atoms with Crippen LogP contribution < -0.4 is 14.4 Å². The minimum Gasteiger partial charge on any atom is -0.497 e. The summed E-state index contributed by atoms with van der Waals surface area (Å²) < 4.78 is 34.0. The Balaban J connectivity index is 2.03. The maximum Gasteiger partial charge on any atom is 0.264 e. The SMILES string of the molecule is CCCNC(=O)[C@@H](C)N(Cc1ccc(OC)cc1)C(=O)CN(c1ccc(Cl)cc1C)S(=O)(=O)c1ccccc1. The van der Waals surface area contributed by atoms with Crippen molar-refractivity contribution >= 4 is 39.1 Å². The zero-order valence-electron chi connectivity index (χ0n) is 22.6. The molecule has 0 aliphatic heterocycles. The lowest BCUT2D eigenvalue weighted by Gasteiger charge is -2.32. The predicted octanol–water partition coefficient (Wildman–Crippen LogP) is 4.80. The summed E-state index contributed by atoms with van der Waals surface area (Å²) >= 11 is 6.14. The molecule has 39 heavy (non-hydrogen) atoms. The molecule has 0 aliphatic carbocycles. The van der Waals surface area contributed by atoms with E-state index in [1.165, 1.54) is 17.0 Å². The van der Waals surface area contributed by atoms with Gasteiger partial charge in [-0.3, -0.25) is 13.9 Å². The van der Waals surface area contributed by atoms with E-state index >= 15 is 0 Å². The van der Waals surface area contributed by atoms with Crippen LogP contribution in [0.1, 0.15) is 31.4 Å². The number of ether oxygens (including phenoxy) is 1. The van der Waals surface area contributed by atoms with Crippen LogP contribution in [0.25, 0.3) is 0 Å². The molecular weight excluding hydrogens is 538 g/mol. The summed E-state index contributed by atoms with van der Waals surface area (Å²) in [5.41, 5.74) is 1.67. The van der Waals surface area contributed by atoms with Crippen molar-refractivity contribution < 1.29 is 22.7 Å². The van der Waals surface area contributed by atoms with Crippen molar-refractivity contribution in [3.63, 3.8) is 0 Å². The van der Waals surface area contributed by atoms with Crippen LogP contribution in [0.15, 0.2) is 77.7 Å². The number of aryl methyl sites for hydroxylation is 1. The van der Waals surface area contributed by atoms with E-state index in [4.69, 9.17) is 16.3 Å².